The largest absolute Gasteiger partial charge is 0.378 e. The molecule has 0 saturated heterocycles. The standard InChI is InChI=1S/C23H31NO/c1-5-25-16-15-19(18-11-7-6-8-12-18)17-22-23(2,3)20-13-9-10-14-21(20)24(22)4/h9-11,13-15,17H,5-8,12,16H2,1-4H3/b19-15+,22-17-. The predicted molar refractivity (Wildman–Crippen MR) is 107 cm³/mol. The van der Waals surface area contributed by atoms with E-state index in [-0.39, 0.29) is 5.41 Å². The Hall–Kier alpha value is -1.80. The average Bonchev–Trinajstić information content (AvgIpc) is 2.82. The van der Waals surface area contributed by atoms with Crippen molar-refractivity contribution in [3.05, 3.63) is 64.9 Å². The highest BCUT2D eigenvalue weighted by Crippen LogP contribution is 2.47. The van der Waals surface area contributed by atoms with Crippen molar-refractivity contribution >= 4 is 5.69 Å². The lowest BCUT2D eigenvalue weighted by Crippen LogP contribution is -2.23. The lowest BCUT2D eigenvalue weighted by Gasteiger charge is -2.25. The van der Waals surface area contributed by atoms with Gasteiger partial charge in [0.15, 0.2) is 0 Å². The van der Waals surface area contributed by atoms with Crippen LogP contribution < -0.4 is 4.90 Å². The van der Waals surface area contributed by atoms with Crippen molar-refractivity contribution in [3.63, 3.8) is 0 Å². The molecule has 0 N–H and O–H groups in total. The third-order valence-electron chi connectivity index (χ3n) is 5.52. The molecule has 1 aliphatic heterocycles. The minimum Gasteiger partial charge on any atom is -0.378 e. The van der Waals surface area contributed by atoms with E-state index in [2.05, 4.69) is 75.2 Å². The van der Waals surface area contributed by atoms with Gasteiger partial charge >= 0.3 is 0 Å². The Labute approximate surface area is 152 Å². The average molecular weight is 338 g/mol. The van der Waals surface area contributed by atoms with Crippen molar-refractivity contribution in [2.45, 2.75) is 51.9 Å². The Morgan fingerprint density at radius 2 is 2.04 bits per heavy atom. The highest BCUT2D eigenvalue weighted by Gasteiger charge is 2.38. The van der Waals surface area contributed by atoms with Crippen LogP contribution in [0, 0.1) is 0 Å². The molecule has 3 rings (SSSR count). The Morgan fingerprint density at radius 1 is 1.24 bits per heavy atom. The normalized spacial score (nSPS) is 21.4. The molecule has 1 heterocycles. The predicted octanol–water partition coefficient (Wildman–Crippen LogP) is 5.76. The van der Waals surface area contributed by atoms with Gasteiger partial charge in [-0.1, -0.05) is 44.2 Å². The number of fused-ring (bicyclic) bond motifs is 1. The van der Waals surface area contributed by atoms with E-state index in [0.717, 1.165) is 6.61 Å². The van der Waals surface area contributed by atoms with E-state index in [4.69, 9.17) is 4.74 Å². The summed E-state index contributed by atoms with van der Waals surface area (Å²) >= 11 is 0. The Morgan fingerprint density at radius 3 is 2.72 bits per heavy atom. The number of allylic oxidation sites excluding steroid dienone is 5. The molecular formula is C23H31NO. The summed E-state index contributed by atoms with van der Waals surface area (Å²) in [7, 11) is 2.19. The lowest BCUT2D eigenvalue weighted by atomic mass is 9.82. The number of likely N-dealkylation sites (N-methyl/N-ethyl adjacent to an activating group) is 1. The summed E-state index contributed by atoms with van der Waals surface area (Å²) in [4.78, 5) is 2.35. The number of benzene rings is 1. The monoisotopic (exact) mass is 337 g/mol. The van der Waals surface area contributed by atoms with Gasteiger partial charge in [-0.2, -0.15) is 0 Å². The van der Waals surface area contributed by atoms with Crippen molar-refractivity contribution in [1.29, 1.82) is 0 Å². The molecule has 0 atom stereocenters. The van der Waals surface area contributed by atoms with Crippen LogP contribution in [0.5, 0.6) is 0 Å². The fourth-order valence-corrected chi connectivity index (χ4v) is 4.06. The first kappa shape index (κ1) is 18.0. The quantitative estimate of drug-likeness (QED) is 0.633. The van der Waals surface area contributed by atoms with E-state index in [1.54, 1.807) is 0 Å². The third-order valence-corrected chi connectivity index (χ3v) is 5.52. The van der Waals surface area contributed by atoms with Gasteiger partial charge in [-0.25, -0.2) is 0 Å². The molecule has 0 unspecified atom stereocenters. The van der Waals surface area contributed by atoms with Gasteiger partial charge < -0.3 is 9.64 Å². The van der Waals surface area contributed by atoms with Crippen LogP contribution in [-0.4, -0.2) is 20.3 Å². The number of nitrogens with zero attached hydrogens (tertiary/aromatic N) is 1. The summed E-state index contributed by atoms with van der Waals surface area (Å²) in [6.45, 7) is 8.16. The SMILES string of the molecule is CCOC/C=C(\C=C1/N(C)c2ccccc2C1(C)C)C1=CCCCC1. The molecule has 2 nitrogen and oxygen atoms in total. The smallest absolute Gasteiger partial charge is 0.0656 e. The molecule has 0 saturated carbocycles. The van der Waals surface area contributed by atoms with Crippen molar-refractivity contribution in [2.75, 3.05) is 25.2 Å². The van der Waals surface area contributed by atoms with E-state index in [9.17, 15) is 0 Å². The van der Waals surface area contributed by atoms with Gasteiger partial charge in [0.2, 0.25) is 0 Å². The van der Waals surface area contributed by atoms with Gasteiger partial charge in [0.05, 0.1) is 6.61 Å². The molecule has 0 bridgehead atoms. The first-order chi connectivity index (χ1) is 12.1. The third kappa shape index (κ3) is 3.59. The highest BCUT2D eigenvalue weighted by molar-refractivity contribution is 5.70. The summed E-state index contributed by atoms with van der Waals surface area (Å²) < 4.78 is 5.61. The van der Waals surface area contributed by atoms with Crippen LogP contribution in [0.25, 0.3) is 0 Å². The first-order valence-electron chi connectivity index (χ1n) is 9.58. The molecule has 0 aromatic heterocycles. The lowest BCUT2D eigenvalue weighted by molar-refractivity contribution is 0.177. The van der Waals surface area contributed by atoms with Gasteiger partial charge in [-0.15, -0.1) is 0 Å². The van der Waals surface area contributed by atoms with Crippen molar-refractivity contribution in [3.8, 4) is 0 Å². The molecule has 0 radical (unpaired) electrons. The van der Waals surface area contributed by atoms with Crippen LogP contribution in [-0.2, 0) is 10.2 Å². The zero-order chi connectivity index (χ0) is 17.9. The summed E-state index contributed by atoms with van der Waals surface area (Å²) in [5, 5.41) is 0. The number of ether oxygens (including phenoxy) is 1. The van der Waals surface area contributed by atoms with E-state index >= 15 is 0 Å². The molecule has 0 amide bonds. The van der Waals surface area contributed by atoms with Crippen LogP contribution in [0.3, 0.4) is 0 Å². The van der Waals surface area contributed by atoms with E-state index in [1.165, 1.54) is 53.8 Å². The molecule has 0 spiro atoms. The second-order valence-electron chi connectivity index (χ2n) is 7.52. The van der Waals surface area contributed by atoms with Crippen LogP contribution in [0.2, 0.25) is 0 Å². The second-order valence-corrected chi connectivity index (χ2v) is 7.52. The molecule has 0 fully saturated rings. The summed E-state index contributed by atoms with van der Waals surface area (Å²) in [6.07, 6.45) is 12.1. The maximum Gasteiger partial charge on any atom is 0.0656 e. The summed E-state index contributed by atoms with van der Waals surface area (Å²) in [6, 6.07) is 8.76. The molecule has 2 aliphatic rings. The maximum absolute atomic E-state index is 5.61. The zero-order valence-electron chi connectivity index (χ0n) is 16.1. The minimum absolute atomic E-state index is 0.0191. The highest BCUT2D eigenvalue weighted by atomic mass is 16.5. The molecule has 2 heteroatoms. The Balaban J connectivity index is 2.00. The summed E-state index contributed by atoms with van der Waals surface area (Å²) in [5.41, 5.74) is 6.94. The Bertz CT molecular complexity index is 709. The van der Waals surface area contributed by atoms with E-state index in [0.29, 0.717) is 6.61 Å². The summed E-state index contributed by atoms with van der Waals surface area (Å²) in [5.74, 6) is 0. The fourth-order valence-electron chi connectivity index (χ4n) is 4.06. The van der Waals surface area contributed by atoms with Crippen molar-refractivity contribution in [2.24, 2.45) is 0 Å². The van der Waals surface area contributed by atoms with Crippen LogP contribution >= 0.6 is 0 Å². The molecule has 134 valence electrons. The van der Waals surface area contributed by atoms with Gasteiger partial charge in [-0.05, 0) is 61.5 Å². The van der Waals surface area contributed by atoms with Crippen LogP contribution in [0.1, 0.15) is 52.0 Å². The molecule has 1 aromatic carbocycles. The van der Waals surface area contributed by atoms with Gasteiger partial charge in [-0.3, -0.25) is 0 Å². The number of hydrogen-bond donors (Lipinski definition) is 0. The first-order valence-corrected chi connectivity index (χ1v) is 9.58. The maximum atomic E-state index is 5.61. The second kappa shape index (κ2) is 7.61. The number of hydrogen-bond acceptors (Lipinski definition) is 2. The number of rotatable bonds is 5. The number of anilines is 1. The van der Waals surface area contributed by atoms with Crippen molar-refractivity contribution < 1.29 is 4.74 Å². The fraction of sp³-hybridized carbons (Fsp3) is 0.478. The number of para-hydroxylation sites is 1. The van der Waals surface area contributed by atoms with E-state index in [1.807, 2.05) is 0 Å². The zero-order valence-corrected chi connectivity index (χ0v) is 16.1. The van der Waals surface area contributed by atoms with Crippen LogP contribution in [0.4, 0.5) is 5.69 Å². The van der Waals surface area contributed by atoms with Gasteiger partial charge in [0, 0.05) is 30.5 Å². The van der Waals surface area contributed by atoms with Gasteiger partial charge in [0.25, 0.3) is 0 Å². The van der Waals surface area contributed by atoms with E-state index < -0.39 is 0 Å². The van der Waals surface area contributed by atoms with Crippen molar-refractivity contribution in [1.82, 2.24) is 0 Å². The Kier molecular flexibility index (Phi) is 5.48. The molecular weight excluding hydrogens is 306 g/mol. The minimum atomic E-state index is 0.0191. The topological polar surface area (TPSA) is 12.5 Å². The molecule has 1 aliphatic carbocycles. The molecule has 1 aromatic rings. The van der Waals surface area contributed by atoms with Gasteiger partial charge in [0.1, 0.15) is 0 Å². The molecule has 25 heavy (non-hydrogen) atoms. The van der Waals surface area contributed by atoms with Crippen LogP contribution in [0.15, 0.2) is 59.3 Å².